The maximum Gasteiger partial charge on any atom is 0.235 e. The van der Waals surface area contributed by atoms with Crippen molar-refractivity contribution in [3.05, 3.63) is 41.4 Å². The van der Waals surface area contributed by atoms with Crippen molar-refractivity contribution in [1.82, 2.24) is 30.1 Å². The van der Waals surface area contributed by atoms with Gasteiger partial charge in [-0.3, -0.25) is 10.1 Å². The Bertz CT molecular complexity index is 1070. The highest BCUT2D eigenvalue weighted by atomic mass is 19.1. The van der Waals surface area contributed by atoms with Gasteiger partial charge in [0.2, 0.25) is 17.8 Å². The summed E-state index contributed by atoms with van der Waals surface area (Å²) in [6, 6.07) is 1.82. The Labute approximate surface area is 189 Å². The molecule has 0 saturated carbocycles. The molecule has 3 N–H and O–H groups in total. The minimum Gasteiger partial charge on any atom is -0.382 e. The zero-order valence-electron chi connectivity index (χ0n) is 18.3. The topological polar surface area (TPSA) is 126 Å². The van der Waals surface area contributed by atoms with Crippen molar-refractivity contribution in [3.8, 4) is 0 Å². The molecule has 0 aromatic carbocycles. The van der Waals surface area contributed by atoms with E-state index in [1.165, 1.54) is 7.11 Å². The lowest BCUT2D eigenvalue weighted by atomic mass is 10.2. The van der Waals surface area contributed by atoms with Crippen molar-refractivity contribution < 1.29 is 18.3 Å². The smallest absolute Gasteiger partial charge is 0.235 e. The number of H-pyrrole nitrogens is 1. The summed E-state index contributed by atoms with van der Waals surface area (Å²) in [7, 11) is 1.47. The van der Waals surface area contributed by atoms with E-state index in [2.05, 4.69) is 40.8 Å². The highest BCUT2D eigenvalue weighted by molar-refractivity contribution is 5.52. The molecule has 11 nitrogen and oxygen atoms in total. The van der Waals surface area contributed by atoms with Gasteiger partial charge in [0.25, 0.3) is 0 Å². The molecule has 0 bridgehead atoms. The van der Waals surface area contributed by atoms with Crippen LogP contribution in [0.3, 0.4) is 0 Å². The maximum absolute atomic E-state index is 14.4. The summed E-state index contributed by atoms with van der Waals surface area (Å²) in [5.41, 5.74) is 0.855. The third-order valence-corrected chi connectivity index (χ3v) is 4.88. The summed E-state index contributed by atoms with van der Waals surface area (Å²) >= 11 is 0. The fourth-order valence-corrected chi connectivity index (χ4v) is 3.36. The molecule has 0 radical (unpaired) electrons. The number of hydrogen-bond donors (Lipinski definition) is 3. The molecule has 4 heterocycles. The van der Waals surface area contributed by atoms with Crippen LogP contribution in [-0.4, -0.2) is 70.2 Å². The van der Waals surface area contributed by atoms with Crippen LogP contribution in [0.2, 0.25) is 0 Å². The Hall–Kier alpha value is -3.45. The normalized spacial score (nSPS) is 15.2. The lowest BCUT2D eigenvalue weighted by molar-refractivity contribution is 0.152. The number of anilines is 4. The molecular weight excluding hydrogens is 436 g/mol. The van der Waals surface area contributed by atoms with E-state index in [9.17, 15) is 8.78 Å². The monoisotopic (exact) mass is 461 g/mol. The van der Waals surface area contributed by atoms with Gasteiger partial charge in [0.1, 0.15) is 17.3 Å². The van der Waals surface area contributed by atoms with Gasteiger partial charge in [0, 0.05) is 44.6 Å². The van der Waals surface area contributed by atoms with Gasteiger partial charge in [-0.1, -0.05) is 0 Å². The van der Waals surface area contributed by atoms with Crippen LogP contribution in [0.25, 0.3) is 0 Å². The molecule has 1 atom stereocenters. The van der Waals surface area contributed by atoms with Crippen LogP contribution >= 0.6 is 0 Å². The number of aromatic amines is 1. The fourth-order valence-electron chi connectivity index (χ4n) is 3.36. The van der Waals surface area contributed by atoms with Crippen molar-refractivity contribution in [2.75, 3.05) is 55.6 Å². The zero-order chi connectivity index (χ0) is 23.2. The summed E-state index contributed by atoms with van der Waals surface area (Å²) in [5, 5.41) is 13.1. The van der Waals surface area contributed by atoms with E-state index < -0.39 is 17.7 Å². The molecule has 0 unspecified atom stereocenters. The highest BCUT2D eigenvalue weighted by Gasteiger charge is 2.22. The second-order valence-corrected chi connectivity index (χ2v) is 7.47. The van der Waals surface area contributed by atoms with E-state index in [1.807, 2.05) is 17.9 Å². The number of nitrogens with one attached hydrogen (secondary N) is 3. The number of nitrogens with zero attached hydrogens (tertiary/aromatic N) is 6. The lowest BCUT2D eigenvalue weighted by Crippen LogP contribution is -2.29. The van der Waals surface area contributed by atoms with Crippen molar-refractivity contribution in [2.45, 2.75) is 19.4 Å². The van der Waals surface area contributed by atoms with E-state index in [1.54, 1.807) is 0 Å². The van der Waals surface area contributed by atoms with E-state index in [0.717, 1.165) is 24.4 Å². The Morgan fingerprint density at radius 3 is 2.79 bits per heavy atom. The second kappa shape index (κ2) is 10.4. The van der Waals surface area contributed by atoms with Gasteiger partial charge in [-0.25, -0.2) is 8.78 Å². The third-order valence-electron chi connectivity index (χ3n) is 4.88. The first-order chi connectivity index (χ1) is 16.0. The number of hydrogen-bond acceptors (Lipinski definition) is 10. The minimum atomic E-state index is -0.797. The quantitative estimate of drug-likeness (QED) is 0.460. The largest absolute Gasteiger partial charge is 0.382 e. The lowest BCUT2D eigenvalue weighted by Gasteiger charge is -2.22. The summed E-state index contributed by atoms with van der Waals surface area (Å²) in [5.74, 6) is -0.172. The highest BCUT2D eigenvalue weighted by Crippen LogP contribution is 2.23. The molecule has 4 rings (SSSR count). The number of methoxy groups -OCH3 is 1. The molecule has 1 saturated heterocycles. The molecule has 176 valence electrons. The molecule has 0 aliphatic carbocycles. The van der Waals surface area contributed by atoms with Crippen LogP contribution in [0.5, 0.6) is 0 Å². The predicted octanol–water partition coefficient (Wildman–Crippen LogP) is 2.35. The Kier molecular flexibility index (Phi) is 7.19. The number of aromatic nitrogens is 6. The van der Waals surface area contributed by atoms with Crippen LogP contribution < -0.4 is 15.5 Å². The number of halogens is 2. The second-order valence-electron chi connectivity index (χ2n) is 7.47. The number of aryl methyl sites for hydroxylation is 1. The zero-order valence-corrected chi connectivity index (χ0v) is 18.3. The Morgan fingerprint density at radius 2 is 2.03 bits per heavy atom. The number of ether oxygens (including phenoxy) is 2. The van der Waals surface area contributed by atoms with Gasteiger partial charge in [-0.15, -0.1) is 0 Å². The summed E-state index contributed by atoms with van der Waals surface area (Å²) < 4.78 is 38.5. The molecular formula is C20H25F2N9O2. The molecule has 0 spiro atoms. The average molecular weight is 461 g/mol. The standard InChI is InChI=1S/C20H25F2N9O2/c1-12-8-16(30-29-12)25-19-26-18(27-20(28-19)31-4-3-6-33-7-5-31)24-15(11-32-2)17-14(22)9-13(21)10-23-17/h8-10,15H,3-7,11H2,1-2H3,(H3,24,25,26,27,28,29,30)/t15-/m0/s1. The van der Waals surface area contributed by atoms with E-state index in [-0.39, 0.29) is 24.2 Å². The van der Waals surface area contributed by atoms with Crippen molar-refractivity contribution >= 4 is 23.7 Å². The molecule has 1 aliphatic rings. The van der Waals surface area contributed by atoms with E-state index >= 15 is 0 Å². The maximum atomic E-state index is 14.4. The fraction of sp³-hybridized carbons (Fsp3) is 0.450. The van der Waals surface area contributed by atoms with Crippen LogP contribution in [0.15, 0.2) is 18.3 Å². The molecule has 3 aromatic rings. The van der Waals surface area contributed by atoms with Gasteiger partial charge < -0.3 is 25.0 Å². The van der Waals surface area contributed by atoms with Gasteiger partial charge in [-0.2, -0.15) is 20.1 Å². The van der Waals surface area contributed by atoms with Gasteiger partial charge in [-0.05, 0) is 13.3 Å². The van der Waals surface area contributed by atoms with Crippen LogP contribution in [0.4, 0.5) is 32.4 Å². The minimum absolute atomic E-state index is 0.0131. The third kappa shape index (κ3) is 5.87. The number of pyridine rings is 1. The number of rotatable bonds is 8. The molecule has 33 heavy (non-hydrogen) atoms. The predicted molar refractivity (Wildman–Crippen MR) is 116 cm³/mol. The van der Waals surface area contributed by atoms with Gasteiger partial charge in [0.05, 0.1) is 25.5 Å². The van der Waals surface area contributed by atoms with Crippen LogP contribution in [0, 0.1) is 18.6 Å². The van der Waals surface area contributed by atoms with E-state index in [0.29, 0.717) is 38.1 Å². The first-order valence-corrected chi connectivity index (χ1v) is 10.5. The summed E-state index contributed by atoms with van der Waals surface area (Å²) in [6.07, 6.45) is 1.78. The molecule has 3 aromatic heterocycles. The molecule has 1 aliphatic heterocycles. The Morgan fingerprint density at radius 1 is 1.18 bits per heavy atom. The molecule has 0 amide bonds. The first kappa shape index (κ1) is 22.7. The Balaban J connectivity index is 1.66. The van der Waals surface area contributed by atoms with Crippen LogP contribution in [0.1, 0.15) is 23.9 Å². The van der Waals surface area contributed by atoms with Crippen molar-refractivity contribution in [3.63, 3.8) is 0 Å². The van der Waals surface area contributed by atoms with E-state index in [4.69, 9.17) is 9.47 Å². The summed E-state index contributed by atoms with van der Waals surface area (Å²) in [6.45, 7) is 4.46. The average Bonchev–Trinajstić information content (AvgIpc) is 3.01. The van der Waals surface area contributed by atoms with Crippen LogP contribution in [-0.2, 0) is 9.47 Å². The van der Waals surface area contributed by atoms with Crippen molar-refractivity contribution in [2.24, 2.45) is 0 Å². The summed E-state index contributed by atoms with van der Waals surface area (Å²) in [4.78, 5) is 19.4. The van der Waals surface area contributed by atoms with Crippen molar-refractivity contribution in [1.29, 1.82) is 0 Å². The first-order valence-electron chi connectivity index (χ1n) is 10.5. The SMILES string of the molecule is COC[C@H](Nc1nc(Nc2cc(C)[nH]n2)nc(N2CCCOCC2)n1)c1ncc(F)cc1F. The molecule has 13 heteroatoms. The van der Waals surface area contributed by atoms with Gasteiger partial charge >= 0.3 is 0 Å². The van der Waals surface area contributed by atoms with Gasteiger partial charge in [0.15, 0.2) is 5.82 Å². The molecule has 1 fully saturated rings.